The minimum absolute atomic E-state index is 0.0731. The van der Waals surface area contributed by atoms with Crippen LogP contribution in [0.4, 0.5) is 0 Å². The van der Waals surface area contributed by atoms with Crippen molar-refractivity contribution in [2.24, 2.45) is 5.92 Å². The van der Waals surface area contributed by atoms with Gasteiger partial charge in [-0.3, -0.25) is 0 Å². The number of rotatable bonds is 4. The fourth-order valence-electron chi connectivity index (χ4n) is 4.76. The molecular formula is C16H29NO2S. The van der Waals surface area contributed by atoms with Crippen molar-refractivity contribution in [2.45, 2.75) is 62.2 Å². The minimum Gasteiger partial charge on any atom is -0.377 e. The first-order valence-corrected chi connectivity index (χ1v) is 9.33. The molecular weight excluding hydrogens is 270 g/mol. The van der Waals surface area contributed by atoms with Crippen LogP contribution in [0.25, 0.3) is 0 Å². The summed E-state index contributed by atoms with van der Waals surface area (Å²) in [5.74, 6) is 3.16. The van der Waals surface area contributed by atoms with Gasteiger partial charge in [-0.1, -0.05) is 12.8 Å². The van der Waals surface area contributed by atoms with Crippen molar-refractivity contribution in [3.8, 4) is 0 Å². The second-order valence-electron chi connectivity index (χ2n) is 6.83. The minimum atomic E-state index is 0.0731. The van der Waals surface area contributed by atoms with Crippen LogP contribution in [0.15, 0.2) is 0 Å². The zero-order valence-electron chi connectivity index (χ0n) is 13.0. The molecule has 1 spiro atoms. The second kappa shape index (κ2) is 6.15. The van der Waals surface area contributed by atoms with E-state index in [1.165, 1.54) is 56.5 Å². The molecule has 4 heteroatoms. The Morgan fingerprint density at radius 1 is 1.30 bits per heavy atom. The molecule has 3 atom stereocenters. The molecule has 0 radical (unpaired) electrons. The SMILES string of the molecule is CNC(C1CCOC2(CCSC2)C1)C1(OC)CCCC1. The monoisotopic (exact) mass is 299 g/mol. The van der Waals surface area contributed by atoms with E-state index < -0.39 is 0 Å². The molecule has 0 bridgehead atoms. The number of hydrogen-bond acceptors (Lipinski definition) is 4. The van der Waals surface area contributed by atoms with Gasteiger partial charge in [0.15, 0.2) is 0 Å². The van der Waals surface area contributed by atoms with E-state index >= 15 is 0 Å². The van der Waals surface area contributed by atoms with Crippen molar-refractivity contribution >= 4 is 11.8 Å². The summed E-state index contributed by atoms with van der Waals surface area (Å²) < 4.78 is 12.2. The molecule has 1 saturated carbocycles. The fourth-order valence-corrected chi connectivity index (χ4v) is 6.14. The highest BCUT2D eigenvalue weighted by molar-refractivity contribution is 7.99. The molecule has 116 valence electrons. The van der Waals surface area contributed by atoms with E-state index in [0.29, 0.717) is 12.0 Å². The Labute approximate surface area is 127 Å². The van der Waals surface area contributed by atoms with Crippen LogP contribution in [0, 0.1) is 5.92 Å². The summed E-state index contributed by atoms with van der Waals surface area (Å²) in [4.78, 5) is 0. The van der Waals surface area contributed by atoms with Crippen LogP contribution < -0.4 is 5.32 Å². The van der Waals surface area contributed by atoms with Crippen LogP contribution in [0.5, 0.6) is 0 Å². The Morgan fingerprint density at radius 3 is 2.70 bits per heavy atom. The molecule has 2 saturated heterocycles. The normalized spacial score (nSPS) is 38.4. The number of thioether (sulfide) groups is 1. The maximum absolute atomic E-state index is 6.19. The van der Waals surface area contributed by atoms with Gasteiger partial charge >= 0.3 is 0 Å². The highest BCUT2D eigenvalue weighted by atomic mass is 32.2. The molecule has 3 fully saturated rings. The maximum atomic E-state index is 6.19. The first kappa shape index (κ1) is 15.1. The number of nitrogens with one attached hydrogen (secondary N) is 1. The van der Waals surface area contributed by atoms with Gasteiger partial charge in [-0.05, 0) is 50.8 Å². The molecule has 3 unspecified atom stereocenters. The van der Waals surface area contributed by atoms with Gasteiger partial charge in [0.1, 0.15) is 0 Å². The molecule has 0 aromatic heterocycles. The van der Waals surface area contributed by atoms with Crippen LogP contribution in [0.1, 0.15) is 44.9 Å². The summed E-state index contributed by atoms with van der Waals surface area (Å²) in [5, 5.41) is 3.62. The van der Waals surface area contributed by atoms with E-state index in [2.05, 4.69) is 24.1 Å². The van der Waals surface area contributed by atoms with Crippen LogP contribution in [-0.2, 0) is 9.47 Å². The standard InChI is InChI=1S/C16H29NO2S/c1-17-14(16(18-2)6-3-4-7-16)13-5-9-19-15(11-13)8-10-20-12-15/h13-14,17H,3-12H2,1-2H3. The quantitative estimate of drug-likeness (QED) is 0.865. The third kappa shape index (κ3) is 2.65. The molecule has 1 N–H and O–H groups in total. The molecule has 0 aromatic carbocycles. The molecule has 3 rings (SSSR count). The Balaban J connectivity index is 1.75. The number of hydrogen-bond donors (Lipinski definition) is 1. The van der Waals surface area contributed by atoms with Gasteiger partial charge in [0.25, 0.3) is 0 Å². The molecule has 3 nitrogen and oxygen atoms in total. The van der Waals surface area contributed by atoms with Gasteiger partial charge in [-0.15, -0.1) is 0 Å². The highest BCUT2D eigenvalue weighted by Crippen LogP contribution is 2.46. The number of likely N-dealkylation sites (N-methyl/N-ethyl adjacent to an activating group) is 1. The summed E-state index contributed by atoms with van der Waals surface area (Å²) in [6.45, 7) is 0.934. The van der Waals surface area contributed by atoms with Crippen LogP contribution in [-0.4, -0.2) is 49.5 Å². The smallest absolute Gasteiger partial charge is 0.0833 e. The lowest BCUT2D eigenvalue weighted by Gasteiger charge is -2.46. The lowest BCUT2D eigenvalue weighted by atomic mass is 9.74. The molecule has 2 heterocycles. The summed E-state index contributed by atoms with van der Waals surface area (Å²) in [5.41, 5.74) is 0.250. The Kier molecular flexibility index (Phi) is 4.66. The summed E-state index contributed by atoms with van der Waals surface area (Å²) in [6.07, 6.45) is 8.71. The molecule has 1 aliphatic carbocycles. The largest absolute Gasteiger partial charge is 0.377 e. The van der Waals surface area contributed by atoms with E-state index in [4.69, 9.17) is 9.47 Å². The Morgan fingerprint density at radius 2 is 2.10 bits per heavy atom. The number of ether oxygens (including phenoxy) is 2. The average molecular weight is 299 g/mol. The zero-order chi connectivity index (χ0) is 14.1. The van der Waals surface area contributed by atoms with Gasteiger partial charge < -0.3 is 14.8 Å². The van der Waals surface area contributed by atoms with E-state index in [1.807, 2.05) is 7.11 Å². The molecule has 0 amide bonds. The first-order valence-electron chi connectivity index (χ1n) is 8.18. The van der Waals surface area contributed by atoms with E-state index in [9.17, 15) is 0 Å². The van der Waals surface area contributed by atoms with Gasteiger partial charge in [0.05, 0.1) is 11.2 Å². The van der Waals surface area contributed by atoms with Crippen molar-refractivity contribution in [3.05, 3.63) is 0 Å². The van der Waals surface area contributed by atoms with Gasteiger partial charge in [-0.2, -0.15) is 11.8 Å². The van der Waals surface area contributed by atoms with E-state index in [-0.39, 0.29) is 11.2 Å². The van der Waals surface area contributed by atoms with E-state index in [1.54, 1.807) is 0 Å². The van der Waals surface area contributed by atoms with Crippen molar-refractivity contribution in [3.63, 3.8) is 0 Å². The zero-order valence-corrected chi connectivity index (χ0v) is 13.8. The Bertz CT molecular complexity index is 324. The molecule has 3 aliphatic rings. The third-order valence-electron chi connectivity index (χ3n) is 5.80. The van der Waals surface area contributed by atoms with Gasteiger partial charge in [0.2, 0.25) is 0 Å². The molecule has 0 aromatic rings. The van der Waals surface area contributed by atoms with Gasteiger partial charge in [0, 0.05) is 25.5 Å². The fraction of sp³-hybridized carbons (Fsp3) is 1.00. The summed E-state index contributed by atoms with van der Waals surface area (Å²) in [6, 6.07) is 0.487. The van der Waals surface area contributed by atoms with Crippen molar-refractivity contribution in [2.75, 3.05) is 32.3 Å². The maximum Gasteiger partial charge on any atom is 0.0833 e. The van der Waals surface area contributed by atoms with Crippen LogP contribution >= 0.6 is 11.8 Å². The highest BCUT2D eigenvalue weighted by Gasteiger charge is 2.49. The lowest BCUT2D eigenvalue weighted by molar-refractivity contribution is -0.114. The van der Waals surface area contributed by atoms with Crippen molar-refractivity contribution in [1.29, 1.82) is 0 Å². The summed E-state index contributed by atoms with van der Waals surface area (Å²) in [7, 11) is 4.03. The van der Waals surface area contributed by atoms with E-state index in [0.717, 1.165) is 6.61 Å². The van der Waals surface area contributed by atoms with Crippen molar-refractivity contribution in [1.82, 2.24) is 5.32 Å². The third-order valence-corrected chi connectivity index (χ3v) is 7.03. The predicted octanol–water partition coefficient (Wildman–Crippen LogP) is 2.84. The topological polar surface area (TPSA) is 30.5 Å². The van der Waals surface area contributed by atoms with Gasteiger partial charge in [-0.25, -0.2) is 0 Å². The lowest BCUT2D eigenvalue weighted by Crippen LogP contribution is -2.56. The molecule has 20 heavy (non-hydrogen) atoms. The van der Waals surface area contributed by atoms with Crippen LogP contribution in [0.2, 0.25) is 0 Å². The average Bonchev–Trinajstić information content (AvgIpc) is 3.11. The molecule has 2 aliphatic heterocycles. The van der Waals surface area contributed by atoms with Crippen molar-refractivity contribution < 1.29 is 9.47 Å². The van der Waals surface area contributed by atoms with Crippen LogP contribution in [0.3, 0.4) is 0 Å². The second-order valence-corrected chi connectivity index (χ2v) is 7.93. The predicted molar refractivity (Wildman–Crippen MR) is 84.4 cm³/mol. The summed E-state index contributed by atoms with van der Waals surface area (Å²) >= 11 is 2.06. The first-order chi connectivity index (χ1) is 9.74. The Hall–Kier alpha value is 0.230. The number of methoxy groups -OCH3 is 1.